The van der Waals surface area contributed by atoms with E-state index < -0.39 is 17.2 Å². The zero-order valence-electron chi connectivity index (χ0n) is 15.8. The summed E-state index contributed by atoms with van der Waals surface area (Å²) in [5.74, 6) is -1.72. The lowest BCUT2D eigenvalue weighted by molar-refractivity contribution is -0.131. The molecule has 3 rings (SSSR count). The number of amides is 1. The van der Waals surface area contributed by atoms with Crippen LogP contribution < -0.4 is 0 Å². The molecule has 0 aliphatic carbocycles. The van der Waals surface area contributed by atoms with E-state index in [-0.39, 0.29) is 36.3 Å². The van der Waals surface area contributed by atoms with Gasteiger partial charge in [0, 0.05) is 18.4 Å². The van der Waals surface area contributed by atoms with Crippen molar-refractivity contribution in [3.8, 4) is 0 Å². The lowest BCUT2D eigenvalue weighted by Gasteiger charge is -2.47. The van der Waals surface area contributed by atoms with Gasteiger partial charge in [-0.25, -0.2) is 13.6 Å². The first kappa shape index (κ1) is 19.7. The highest BCUT2D eigenvalue weighted by molar-refractivity contribution is 5.84. The maximum atomic E-state index is 13.4. The number of hydrogen-bond donors (Lipinski definition) is 0. The van der Waals surface area contributed by atoms with E-state index in [0.29, 0.717) is 31.6 Å². The Labute approximate surface area is 157 Å². The number of nitrogens with zero attached hydrogens (tertiary/aromatic N) is 1. The van der Waals surface area contributed by atoms with Crippen LogP contribution >= 0.6 is 0 Å². The Balaban J connectivity index is 1.68. The van der Waals surface area contributed by atoms with Crippen LogP contribution in [0.4, 0.5) is 13.6 Å². The molecule has 0 saturated carbocycles. The molecule has 2 fully saturated rings. The number of piperidine rings is 1. The predicted octanol–water partition coefficient (Wildman–Crippen LogP) is 3.49. The summed E-state index contributed by atoms with van der Waals surface area (Å²) in [4.78, 5) is 27.0. The molecule has 2 aliphatic rings. The smallest absolute Gasteiger partial charge is 0.410 e. The lowest BCUT2D eigenvalue weighted by Crippen LogP contribution is -2.60. The predicted molar refractivity (Wildman–Crippen MR) is 94.3 cm³/mol. The van der Waals surface area contributed by atoms with Crippen molar-refractivity contribution in [2.24, 2.45) is 5.92 Å². The van der Waals surface area contributed by atoms with Crippen LogP contribution in [0.3, 0.4) is 0 Å². The molecule has 2 atom stereocenters. The van der Waals surface area contributed by atoms with Crippen molar-refractivity contribution in [3.05, 3.63) is 35.4 Å². The third kappa shape index (κ3) is 4.83. The molecule has 148 valence electrons. The molecule has 27 heavy (non-hydrogen) atoms. The summed E-state index contributed by atoms with van der Waals surface area (Å²) in [6.07, 6.45) is 0.518. The number of rotatable bonds is 3. The molecule has 2 unspecified atom stereocenters. The van der Waals surface area contributed by atoms with Gasteiger partial charge in [0.1, 0.15) is 23.0 Å². The van der Waals surface area contributed by atoms with Gasteiger partial charge in [-0.3, -0.25) is 9.69 Å². The molecule has 0 N–H and O–H groups in total. The standard InChI is InChI=1S/C20H25F2NO4/c1-20(2,3)27-19(25)23-16-7-13(8-17(23)11-26-10-16)18(24)6-12-4-14(21)9-15(22)5-12/h4-5,9,13,16-17H,6-8,10-11H2,1-3H3. The van der Waals surface area contributed by atoms with Crippen molar-refractivity contribution < 1.29 is 27.8 Å². The molecule has 1 aromatic carbocycles. The molecule has 1 aromatic rings. The fourth-order valence-corrected chi connectivity index (χ4v) is 3.85. The zero-order chi connectivity index (χ0) is 19.8. The summed E-state index contributed by atoms with van der Waals surface area (Å²) in [5, 5.41) is 0. The topological polar surface area (TPSA) is 55.8 Å². The molecule has 0 spiro atoms. The van der Waals surface area contributed by atoms with E-state index >= 15 is 0 Å². The molecule has 5 nitrogen and oxygen atoms in total. The number of hydrogen-bond acceptors (Lipinski definition) is 4. The molecular formula is C20H25F2NO4. The number of morpholine rings is 1. The number of halogens is 2. The third-order valence-electron chi connectivity index (χ3n) is 4.88. The summed E-state index contributed by atoms with van der Waals surface area (Å²) in [7, 11) is 0. The fraction of sp³-hybridized carbons (Fsp3) is 0.600. The van der Waals surface area contributed by atoms with Gasteiger partial charge in [0.25, 0.3) is 0 Å². The molecule has 2 bridgehead atoms. The summed E-state index contributed by atoms with van der Waals surface area (Å²) in [6.45, 7) is 6.14. The Bertz CT molecular complexity index is 697. The molecule has 1 amide bonds. The average molecular weight is 381 g/mol. The van der Waals surface area contributed by atoms with E-state index in [4.69, 9.17) is 9.47 Å². The highest BCUT2D eigenvalue weighted by atomic mass is 19.1. The van der Waals surface area contributed by atoms with Crippen molar-refractivity contribution in [2.45, 2.75) is 57.7 Å². The average Bonchev–Trinajstić information content (AvgIpc) is 2.50. The normalized spacial score (nSPS) is 25.2. The van der Waals surface area contributed by atoms with E-state index in [1.807, 2.05) is 20.8 Å². The monoisotopic (exact) mass is 381 g/mol. The number of carbonyl (C=O) groups is 2. The first-order valence-electron chi connectivity index (χ1n) is 9.19. The van der Waals surface area contributed by atoms with E-state index in [9.17, 15) is 18.4 Å². The van der Waals surface area contributed by atoms with Gasteiger partial charge in [0.2, 0.25) is 0 Å². The summed E-state index contributed by atoms with van der Waals surface area (Å²) in [5.41, 5.74) is -0.270. The van der Waals surface area contributed by atoms with Crippen LogP contribution in [-0.2, 0) is 20.7 Å². The zero-order valence-corrected chi connectivity index (χ0v) is 15.8. The van der Waals surface area contributed by atoms with E-state index in [0.717, 1.165) is 6.07 Å². The second-order valence-corrected chi connectivity index (χ2v) is 8.32. The van der Waals surface area contributed by atoms with Gasteiger partial charge in [0.15, 0.2) is 0 Å². The Kier molecular flexibility index (Phi) is 5.51. The van der Waals surface area contributed by atoms with Crippen LogP contribution in [-0.4, -0.2) is 47.7 Å². The van der Waals surface area contributed by atoms with Crippen LogP contribution in [0.2, 0.25) is 0 Å². The summed E-state index contributed by atoms with van der Waals surface area (Å²) >= 11 is 0. The van der Waals surface area contributed by atoms with Crippen LogP contribution in [0.15, 0.2) is 18.2 Å². The first-order chi connectivity index (χ1) is 12.6. The van der Waals surface area contributed by atoms with Crippen molar-refractivity contribution in [1.29, 1.82) is 0 Å². The van der Waals surface area contributed by atoms with Crippen molar-refractivity contribution in [1.82, 2.24) is 4.90 Å². The Morgan fingerprint density at radius 3 is 2.19 bits per heavy atom. The third-order valence-corrected chi connectivity index (χ3v) is 4.88. The Hall–Kier alpha value is -2.02. The van der Waals surface area contributed by atoms with Gasteiger partial charge >= 0.3 is 6.09 Å². The maximum absolute atomic E-state index is 13.4. The molecule has 0 aromatic heterocycles. The van der Waals surface area contributed by atoms with Crippen LogP contribution in [0, 0.1) is 17.6 Å². The second kappa shape index (κ2) is 7.54. The Morgan fingerprint density at radius 2 is 1.67 bits per heavy atom. The molecule has 2 aliphatic heterocycles. The minimum atomic E-state index is -0.692. The second-order valence-electron chi connectivity index (χ2n) is 8.32. The lowest BCUT2D eigenvalue weighted by atomic mass is 9.81. The van der Waals surface area contributed by atoms with Gasteiger partial charge in [-0.15, -0.1) is 0 Å². The number of carbonyl (C=O) groups excluding carboxylic acids is 2. The number of benzene rings is 1. The fourth-order valence-electron chi connectivity index (χ4n) is 3.85. The van der Waals surface area contributed by atoms with E-state index in [1.165, 1.54) is 12.1 Å². The quantitative estimate of drug-likeness (QED) is 0.804. The van der Waals surface area contributed by atoms with Gasteiger partial charge in [-0.2, -0.15) is 0 Å². The van der Waals surface area contributed by atoms with Crippen LogP contribution in [0.25, 0.3) is 0 Å². The summed E-state index contributed by atoms with van der Waals surface area (Å²) < 4.78 is 37.8. The molecule has 2 saturated heterocycles. The Morgan fingerprint density at radius 1 is 1.11 bits per heavy atom. The van der Waals surface area contributed by atoms with E-state index in [1.54, 1.807) is 4.90 Å². The van der Waals surface area contributed by atoms with E-state index in [2.05, 4.69) is 0 Å². The summed E-state index contributed by atoms with van der Waals surface area (Å²) in [6, 6.07) is 2.69. The van der Waals surface area contributed by atoms with Crippen LogP contribution in [0.5, 0.6) is 0 Å². The maximum Gasteiger partial charge on any atom is 0.410 e. The highest BCUT2D eigenvalue weighted by Gasteiger charge is 2.44. The number of ketones is 1. The first-order valence-corrected chi connectivity index (χ1v) is 9.19. The van der Waals surface area contributed by atoms with Crippen molar-refractivity contribution >= 4 is 11.9 Å². The minimum Gasteiger partial charge on any atom is -0.444 e. The molecule has 0 radical (unpaired) electrons. The van der Waals surface area contributed by atoms with Crippen molar-refractivity contribution in [2.75, 3.05) is 13.2 Å². The number of ether oxygens (including phenoxy) is 2. The van der Waals surface area contributed by atoms with Crippen LogP contribution in [0.1, 0.15) is 39.2 Å². The van der Waals surface area contributed by atoms with Gasteiger partial charge in [-0.05, 0) is 51.3 Å². The van der Waals surface area contributed by atoms with Gasteiger partial charge in [-0.1, -0.05) is 0 Å². The molecule has 7 heteroatoms. The minimum absolute atomic E-state index is 0.0217. The number of fused-ring (bicyclic) bond motifs is 2. The molecular weight excluding hydrogens is 356 g/mol. The van der Waals surface area contributed by atoms with Gasteiger partial charge < -0.3 is 9.47 Å². The number of Topliss-reactive ketones (excluding diaryl/α,β-unsaturated/α-hetero) is 1. The SMILES string of the molecule is CC(C)(C)OC(=O)N1C2COCC1CC(C(=O)Cc1cc(F)cc(F)c1)C2. The largest absolute Gasteiger partial charge is 0.444 e. The van der Waals surface area contributed by atoms with Crippen molar-refractivity contribution in [3.63, 3.8) is 0 Å². The van der Waals surface area contributed by atoms with Gasteiger partial charge in [0.05, 0.1) is 25.3 Å². The highest BCUT2D eigenvalue weighted by Crippen LogP contribution is 2.34. The molecule has 2 heterocycles.